The van der Waals surface area contributed by atoms with Crippen LogP contribution in [-0.2, 0) is 22.6 Å². The highest BCUT2D eigenvalue weighted by Gasteiger charge is 2.38. The zero-order valence-electron chi connectivity index (χ0n) is 31.8. The summed E-state index contributed by atoms with van der Waals surface area (Å²) in [6.45, 7) is 2.82. The van der Waals surface area contributed by atoms with E-state index in [1.165, 1.54) is 12.8 Å². The second-order valence-electron chi connectivity index (χ2n) is 14.0. The van der Waals surface area contributed by atoms with Crippen LogP contribution in [0.3, 0.4) is 0 Å². The Morgan fingerprint density at radius 1 is 1.00 bits per heavy atom. The maximum Gasteiger partial charge on any atom is 0.490 e. The van der Waals surface area contributed by atoms with Gasteiger partial charge in [0.05, 0.1) is 23.5 Å². The van der Waals surface area contributed by atoms with Crippen LogP contribution in [0.4, 0.5) is 24.5 Å². The third kappa shape index (κ3) is 14.1. The molecular formula is C41H47F3N6O7S. The number of ether oxygens (including phenoxy) is 2. The summed E-state index contributed by atoms with van der Waals surface area (Å²) in [6.07, 6.45) is 3.26. The number of hydrogen-bond donors (Lipinski definition) is 5. The molecule has 1 aromatic heterocycles. The van der Waals surface area contributed by atoms with Gasteiger partial charge in [0.25, 0.3) is 17.7 Å². The first-order chi connectivity index (χ1) is 27.9. The normalized spacial score (nSPS) is 13.8. The molecule has 0 radical (unpaired) electrons. The smallest absolute Gasteiger partial charge is 0.490 e. The lowest BCUT2D eigenvalue weighted by molar-refractivity contribution is -0.192. The molecule has 4 aromatic rings. The molecule has 1 aliphatic carbocycles. The molecule has 17 heteroatoms. The van der Waals surface area contributed by atoms with E-state index in [4.69, 9.17) is 25.1 Å². The van der Waals surface area contributed by atoms with Crippen molar-refractivity contribution in [1.29, 1.82) is 0 Å². The second-order valence-corrected chi connectivity index (χ2v) is 14.7. The van der Waals surface area contributed by atoms with Gasteiger partial charge in [0, 0.05) is 53.8 Å². The van der Waals surface area contributed by atoms with Crippen molar-refractivity contribution >= 4 is 46.4 Å². The van der Waals surface area contributed by atoms with E-state index in [9.17, 15) is 27.6 Å². The van der Waals surface area contributed by atoms with Crippen LogP contribution < -0.4 is 31.2 Å². The van der Waals surface area contributed by atoms with Crippen molar-refractivity contribution in [2.75, 3.05) is 36.9 Å². The number of carbonyl (C=O) groups excluding carboxylic acids is 3. The zero-order valence-corrected chi connectivity index (χ0v) is 32.6. The molecular weight excluding hydrogens is 778 g/mol. The Morgan fingerprint density at radius 3 is 2.36 bits per heavy atom. The lowest BCUT2D eigenvalue weighted by Crippen LogP contribution is -2.36. The molecule has 0 unspecified atom stereocenters. The van der Waals surface area contributed by atoms with E-state index in [0.717, 1.165) is 68.6 Å². The lowest BCUT2D eigenvalue weighted by atomic mass is 10.1. The van der Waals surface area contributed by atoms with Gasteiger partial charge in [0.2, 0.25) is 0 Å². The van der Waals surface area contributed by atoms with E-state index in [-0.39, 0.29) is 36.4 Å². The maximum absolute atomic E-state index is 13.5. The third-order valence-electron chi connectivity index (χ3n) is 9.16. The van der Waals surface area contributed by atoms with E-state index in [1.807, 2.05) is 46.8 Å². The molecule has 1 saturated carbocycles. The molecule has 2 aliphatic rings. The minimum absolute atomic E-state index is 0.0657. The second kappa shape index (κ2) is 21.3. The van der Waals surface area contributed by atoms with Gasteiger partial charge in [-0.1, -0.05) is 31.4 Å². The van der Waals surface area contributed by atoms with Crippen molar-refractivity contribution in [2.45, 2.75) is 76.2 Å². The monoisotopic (exact) mass is 824 g/mol. The molecule has 0 saturated heterocycles. The van der Waals surface area contributed by atoms with Gasteiger partial charge in [-0.25, -0.2) is 9.78 Å². The highest BCUT2D eigenvalue weighted by Crippen LogP contribution is 2.33. The van der Waals surface area contributed by atoms with Gasteiger partial charge in [-0.05, 0) is 92.4 Å². The fraction of sp³-hybridized carbons (Fsp3) is 0.390. The topological polar surface area (TPSA) is 185 Å². The van der Waals surface area contributed by atoms with Crippen molar-refractivity contribution in [1.82, 2.24) is 15.2 Å². The fourth-order valence-electron chi connectivity index (χ4n) is 5.96. The van der Waals surface area contributed by atoms with Gasteiger partial charge in [0.15, 0.2) is 6.61 Å². The van der Waals surface area contributed by atoms with Crippen molar-refractivity contribution in [2.24, 2.45) is 5.73 Å². The zero-order chi connectivity index (χ0) is 41.5. The number of carboxylic acids is 1. The van der Waals surface area contributed by atoms with Crippen LogP contribution in [-0.4, -0.2) is 83.2 Å². The van der Waals surface area contributed by atoms with Crippen LogP contribution in [0.15, 0.2) is 77.6 Å². The molecule has 58 heavy (non-hydrogen) atoms. The predicted octanol–water partition coefficient (Wildman–Crippen LogP) is 6.65. The Kier molecular flexibility index (Phi) is 16.0. The van der Waals surface area contributed by atoms with Crippen LogP contribution >= 0.6 is 11.3 Å². The number of fused-ring (bicyclic) bond motifs is 1. The number of nitrogens with one attached hydrogen (secondary N) is 3. The number of rotatable bonds is 19. The average Bonchev–Trinajstić information content (AvgIpc) is 3.92. The molecule has 310 valence electrons. The van der Waals surface area contributed by atoms with Crippen LogP contribution in [0.1, 0.15) is 76.9 Å². The predicted molar refractivity (Wildman–Crippen MR) is 213 cm³/mol. The number of alkyl halides is 3. The van der Waals surface area contributed by atoms with Crippen LogP contribution in [0, 0.1) is 0 Å². The first-order valence-corrected chi connectivity index (χ1v) is 19.9. The number of thiazole rings is 1. The number of nitrogens with two attached hydrogens (primary N) is 1. The van der Waals surface area contributed by atoms with E-state index in [1.54, 1.807) is 41.7 Å². The fourth-order valence-corrected chi connectivity index (χ4v) is 6.53. The number of amides is 3. The number of benzene rings is 3. The summed E-state index contributed by atoms with van der Waals surface area (Å²) in [4.78, 5) is 53.1. The summed E-state index contributed by atoms with van der Waals surface area (Å²) in [5.74, 6) is -1.99. The highest BCUT2D eigenvalue weighted by atomic mass is 32.1. The summed E-state index contributed by atoms with van der Waals surface area (Å²) in [5.41, 5.74) is 12.3. The SMILES string of the molecule is N[C@H](CNCCCCCCCOc1ccc(NC(=O)c2ccc(CN(C(=O)c3ccc4c(c3)OCC(=O)N4)C3CC3)cc2)cc1)Cc1cscn1.O=C(O)C(F)(F)F. The molecule has 0 bridgehead atoms. The summed E-state index contributed by atoms with van der Waals surface area (Å²) < 4.78 is 43.2. The molecule has 3 aromatic carbocycles. The number of halogens is 3. The molecule has 6 rings (SSSR count). The largest absolute Gasteiger partial charge is 0.494 e. The molecule has 1 fully saturated rings. The average molecular weight is 825 g/mol. The van der Waals surface area contributed by atoms with E-state index >= 15 is 0 Å². The van der Waals surface area contributed by atoms with Crippen molar-refractivity contribution < 1.29 is 46.9 Å². The molecule has 3 amide bonds. The highest BCUT2D eigenvalue weighted by molar-refractivity contribution is 7.07. The maximum atomic E-state index is 13.5. The molecule has 6 N–H and O–H groups in total. The number of carboxylic acid groups (broad SMARTS) is 1. The van der Waals surface area contributed by atoms with Crippen molar-refractivity contribution in [3.63, 3.8) is 0 Å². The van der Waals surface area contributed by atoms with E-state index in [2.05, 4.69) is 26.3 Å². The number of unbranched alkanes of at least 4 members (excludes halogenated alkanes) is 4. The van der Waals surface area contributed by atoms with E-state index in [0.29, 0.717) is 41.4 Å². The van der Waals surface area contributed by atoms with Gasteiger partial charge < -0.3 is 41.2 Å². The number of hydrogen-bond acceptors (Lipinski definition) is 10. The standard InChI is InChI=1S/C39H46N6O5S.C2HF3O2/c40-30(21-32-25-51-26-42-32)22-41-18-4-2-1-3-5-19-49-34-15-11-31(12-16-34)43-38(47)28-8-6-27(7-9-28)23-45(33-13-14-33)39(48)29-10-17-35-36(20-29)50-24-37(46)44-35;3-2(4,5)1(6)7/h6-12,15-17,20,25-26,30,33,41H,1-5,13-14,18-19,21-24,40H2,(H,43,47)(H,44,46);(H,6,7)/t30-;/m0./s1. The lowest BCUT2D eigenvalue weighted by Gasteiger charge is -2.24. The number of nitrogens with zero attached hydrogens (tertiary/aromatic N) is 2. The third-order valence-corrected chi connectivity index (χ3v) is 9.80. The molecule has 13 nitrogen and oxygen atoms in total. The van der Waals surface area contributed by atoms with Crippen molar-refractivity contribution in [3.05, 3.63) is 100 Å². The number of carbonyl (C=O) groups is 4. The van der Waals surface area contributed by atoms with Gasteiger partial charge in [-0.2, -0.15) is 13.2 Å². The van der Waals surface area contributed by atoms with Gasteiger partial charge >= 0.3 is 12.1 Å². The van der Waals surface area contributed by atoms with Crippen LogP contribution in [0.5, 0.6) is 11.5 Å². The van der Waals surface area contributed by atoms with Gasteiger partial charge in [-0.15, -0.1) is 11.3 Å². The minimum atomic E-state index is -5.08. The van der Waals surface area contributed by atoms with E-state index < -0.39 is 12.1 Å². The first kappa shape index (κ1) is 43.6. The quantitative estimate of drug-likeness (QED) is 0.0642. The Morgan fingerprint density at radius 2 is 1.69 bits per heavy atom. The summed E-state index contributed by atoms with van der Waals surface area (Å²) in [5, 5.41) is 18.3. The van der Waals surface area contributed by atoms with Gasteiger partial charge in [-0.3, -0.25) is 14.4 Å². The Balaban J connectivity index is 0.000000839. The Labute approximate surface area is 338 Å². The van der Waals surface area contributed by atoms with Crippen LogP contribution in [0.2, 0.25) is 0 Å². The van der Waals surface area contributed by atoms with Gasteiger partial charge in [0.1, 0.15) is 11.5 Å². The molecule has 1 atom stereocenters. The van der Waals surface area contributed by atoms with Crippen molar-refractivity contribution in [3.8, 4) is 11.5 Å². The number of anilines is 2. The summed E-state index contributed by atoms with van der Waals surface area (Å²) >= 11 is 1.61. The Bertz CT molecular complexity index is 1960. The Hall–Kier alpha value is -5.52. The summed E-state index contributed by atoms with van der Waals surface area (Å²) in [6, 6.07) is 20.2. The molecule has 2 heterocycles. The first-order valence-electron chi connectivity index (χ1n) is 19.0. The number of aliphatic carboxylic acids is 1. The molecule has 0 spiro atoms. The minimum Gasteiger partial charge on any atom is -0.494 e. The number of aromatic nitrogens is 1. The molecule has 1 aliphatic heterocycles. The summed E-state index contributed by atoms with van der Waals surface area (Å²) in [7, 11) is 0. The van der Waals surface area contributed by atoms with Crippen LogP contribution in [0.25, 0.3) is 0 Å².